The maximum atomic E-state index is 9.12. The van der Waals surface area contributed by atoms with Gasteiger partial charge in [-0.25, -0.2) is 0 Å². The van der Waals surface area contributed by atoms with Gasteiger partial charge in [-0.15, -0.1) is 0 Å². The van der Waals surface area contributed by atoms with Crippen LogP contribution in [0.5, 0.6) is 0 Å². The first-order chi connectivity index (χ1) is 9.83. The first-order valence-electron chi connectivity index (χ1n) is 7.12. The number of nitrogens with zero attached hydrogens (tertiary/aromatic N) is 4. The molecule has 0 bridgehead atoms. The summed E-state index contributed by atoms with van der Waals surface area (Å²) in [5, 5.41) is 17.7. The van der Waals surface area contributed by atoms with Gasteiger partial charge in [0.1, 0.15) is 0 Å². The summed E-state index contributed by atoms with van der Waals surface area (Å²) in [5.41, 5.74) is 1.27. The molecule has 1 aromatic carbocycles. The molecule has 0 N–H and O–H groups in total. The van der Waals surface area contributed by atoms with E-state index < -0.39 is 0 Å². The summed E-state index contributed by atoms with van der Waals surface area (Å²) in [5.74, 6) is -0.0158. The largest absolute Gasteiger partial charge is 0.369 e. The third-order valence-electron chi connectivity index (χ3n) is 3.76. The minimum atomic E-state index is -0.0158. The van der Waals surface area contributed by atoms with E-state index in [1.54, 1.807) is 0 Å². The first kappa shape index (κ1) is 14.4. The van der Waals surface area contributed by atoms with Gasteiger partial charge < -0.3 is 4.90 Å². The molecule has 1 aromatic rings. The lowest BCUT2D eigenvalue weighted by Gasteiger charge is -2.36. The van der Waals surface area contributed by atoms with Crippen LogP contribution < -0.4 is 4.90 Å². The lowest BCUT2D eigenvalue weighted by molar-refractivity contribution is 0.233. The fourth-order valence-electron chi connectivity index (χ4n) is 2.57. The average molecular weight is 268 g/mol. The van der Waals surface area contributed by atoms with Crippen LogP contribution in [-0.2, 0) is 0 Å². The second-order valence-corrected chi connectivity index (χ2v) is 5.15. The number of benzene rings is 1. The summed E-state index contributed by atoms with van der Waals surface area (Å²) < 4.78 is 0. The van der Waals surface area contributed by atoms with Crippen LogP contribution in [0, 0.1) is 28.6 Å². The van der Waals surface area contributed by atoms with Crippen LogP contribution in [-0.4, -0.2) is 37.6 Å². The highest BCUT2D eigenvalue weighted by Crippen LogP contribution is 2.16. The molecule has 0 aromatic heterocycles. The van der Waals surface area contributed by atoms with Crippen LogP contribution >= 0.6 is 0 Å². The number of anilines is 1. The summed E-state index contributed by atoms with van der Waals surface area (Å²) in [7, 11) is 0. The van der Waals surface area contributed by atoms with Gasteiger partial charge in [0.25, 0.3) is 0 Å². The van der Waals surface area contributed by atoms with Crippen LogP contribution in [0.3, 0.4) is 0 Å². The molecule has 0 unspecified atom stereocenters. The summed E-state index contributed by atoms with van der Waals surface area (Å²) in [4.78, 5) is 4.72. The molecule has 2 rings (SSSR count). The van der Waals surface area contributed by atoms with Gasteiger partial charge in [-0.1, -0.05) is 18.2 Å². The number of para-hydroxylation sites is 1. The van der Waals surface area contributed by atoms with Gasteiger partial charge in [0.15, 0.2) is 0 Å². The van der Waals surface area contributed by atoms with Crippen LogP contribution in [0.25, 0.3) is 0 Å². The molecular formula is C16H20N4. The van der Waals surface area contributed by atoms with Crippen molar-refractivity contribution in [1.82, 2.24) is 4.90 Å². The zero-order chi connectivity index (χ0) is 14.2. The number of piperazine rings is 1. The van der Waals surface area contributed by atoms with Crippen LogP contribution in [0.1, 0.15) is 12.8 Å². The molecule has 4 nitrogen and oxygen atoms in total. The second-order valence-electron chi connectivity index (χ2n) is 5.15. The summed E-state index contributed by atoms with van der Waals surface area (Å²) in [6.45, 7) is 4.76. The molecule has 20 heavy (non-hydrogen) atoms. The van der Waals surface area contributed by atoms with E-state index in [4.69, 9.17) is 10.5 Å². The molecule has 0 amide bonds. The lowest BCUT2D eigenvalue weighted by Crippen LogP contribution is -2.47. The van der Waals surface area contributed by atoms with Crippen molar-refractivity contribution in [2.24, 2.45) is 5.92 Å². The van der Waals surface area contributed by atoms with Crippen molar-refractivity contribution >= 4 is 5.69 Å². The monoisotopic (exact) mass is 268 g/mol. The Morgan fingerprint density at radius 2 is 1.75 bits per heavy atom. The molecular weight excluding hydrogens is 248 g/mol. The minimum Gasteiger partial charge on any atom is -0.369 e. The zero-order valence-corrected chi connectivity index (χ0v) is 11.7. The highest BCUT2D eigenvalue weighted by molar-refractivity contribution is 5.46. The standard InChI is InChI=1S/C16H20N4/c17-8-4-5-15(13-18)14-19-9-11-20(12-10-19)16-6-2-1-3-7-16/h1-3,6-7,15H,4-5,9-12,14H2/t15-/m0/s1. The van der Waals surface area contributed by atoms with E-state index in [-0.39, 0.29) is 5.92 Å². The van der Waals surface area contributed by atoms with E-state index in [2.05, 4.69) is 46.2 Å². The number of rotatable bonds is 5. The Labute approximate surface area is 120 Å². The molecule has 1 fully saturated rings. The van der Waals surface area contributed by atoms with Gasteiger partial charge in [0.2, 0.25) is 0 Å². The predicted molar refractivity (Wildman–Crippen MR) is 79.0 cm³/mol. The molecule has 4 heteroatoms. The number of hydrogen-bond donors (Lipinski definition) is 0. The second kappa shape index (κ2) is 7.53. The van der Waals surface area contributed by atoms with Gasteiger partial charge >= 0.3 is 0 Å². The lowest BCUT2D eigenvalue weighted by atomic mass is 10.0. The van der Waals surface area contributed by atoms with E-state index in [1.165, 1.54) is 5.69 Å². The summed E-state index contributed by atoms with van der Waals surface area (Å²) in [6, 6.07) is 14.9. The Morgan fingerprint density at radius 3 is 2.35 bits per heavy atom. The summed E-state index contributed by atoms with van der Waals surface area (Å²) in [6.07, 6.45) is 1.16. The molecule has 0 spiro atoms. The van der Waals surface area contributed by atoms with Crippen molar-refractivity contribution in [1.29, 1.82) is 10.5 Å². The smallest absolute Gasteiger partial charge is 0.0669 e. The van der Waals surface area contributed by atoms with Crippen LogP contribution in [0.15, 0.2) is 30.3 Å². The Hall–Kier alpha value is -2.04. The van der Waals surface area contributed by atoms with E-state index >= 15 is 0 Å². The van der Waals surface area contributed by atoms with Crippen LogP contribution in [0.4, 0.5) is 5.69 Å². The molecule has 104 valence electrons. The van der Waals surface area contributed by atoms with Gasteiger partial charge in [0.05, 0.1) is 18.1 Å². The Balaban J connectivity index is 1.80. The van der Waals surface area contributed by atoms with Crippen molar-refractivity contribution in [3.8, 4) is 12.1 Å². The zero-order valence-electron chi connectivity index (χ0n) is 11.7. The van der Waals surface area contributed by atoms with Crippen molar-refractivity contribution < 1.29 is 0 Å². The highest BCUT2D eigenvalue weighted by Gasteiger charge is 2.19. The molecule has 1 aliphatic heterocycles. The third-order valence-corrected chi connectivity index (χ3v) is 3.76. The topological polar surface area (TPSA) is 54.1 Å². The molecule has 0 radical (unpaired) electrons. The van der Waals surface area contributed by atoms with Crippen molar-refractivity contribution in [2.75, 3.05) is 37.6 Å². The molecule has 0 aliphatic carbocycles. The normalized spacial score (nSPS) is 17.2. The first-order valence-corrected chi connectivity index (χ1v) is 7.12. The van der Waals surface area contributed by atoms with E-state index in [9.17, 15) is 0 Å². The van der Waals surface area contributed by atoms with E-state index in [1.807, 2.05) is 6.07 Å². The third kappa shape index (κ3) is 3.98. The Kier molecular flexibility index (Phi) is 5.41. The minimum absolute atomic E-state index is 0.0158. The van der Waals surface area contributed by atoms with E-state index in [0.717, 1.165) is 32.7 Å². The molecule has 1 atom stereocenters. The molecule has 1 aliphatic rings. The summed E-state index contributed by atoms with van der Waals surface area (Å²) >= 11 is 0. The quantitative estimate of drug-likeness (QED) is 0.822. The highest BCUT2D eigenvalue weighted by atomic mass is 15.3. The van der Waals surface area contributed by atoms with Gasteiger partial charge in [-0.3, -0.25) is 4.90 Å². The molecule has 1 saturated heterocycles. The maximum Gasteiger partial charge on any atom is 0.0669 e. The SMILES string of the molecule is N#CCC[C@@H](C#N)CN1CCN(c2ccccc2)CC1. The maximum absolute atomic E-state index is 9.12. The van der Waals surface area contributed by atoms with Crippen LogP contribution in [0.2, 0.25) is 0 Å². The van der Waals surface area contributed by atoms with E-state index in [0.29, 0.717) is 12.8 Å². The van der Waals surface area contributed by atoms with Crippen molar-refractivity contribution in [3.63, 3.8) is 0 Å². The fourth-order valence-corrected chi connectivity index (χ4v) is 2.57. The van der Waals surface area contributed by atoms with Gasteiger partial charge in [-0.2, -0.15) is 10.5 Å². The Morgan fingerprint density at radius 1 is 1.05 bits per heavy atom. The van der Waals surface area contributed by atoms with Crippen molar-refractivity contribution in [2.45, 2.75) is 12.8 Å². The number of hydrogen-bond acceptors (Lipinski definition) is 4. The molecule has 1 heterocycles. The number of nitriles is 2. The van der Waals surface area contributed by atoms with Crippen molar-refractivity contribution in [3.05, 3.63) is 30.3 Å². The van der Waals surface area contributed by atoms with Gasteiger partial charge in [-0.05, 0) is 18.6 Å². The average Bonchev–Trinajstić information content (AvgIpc) is 2.53. The predicted octanol–water partition coefficient (Wildman–Crippen LogP) is 2.25. The Bertz CT molecular complexity index is 477. The molecule has 0 saturated carbocycles. The fraction of sp³-hybridized carbons (Fsp3) is 0.500. The van der Waals surface area contributed by atoms with Gasteiger partial charge in [0, 0.05) is 44.8 Å².